The molecule has 0 amide bonds. The molecule has 0 unspecified atom stereocenters. The Hall–Kier alpha value is -0.590. The van der Waals surface area contributed by atoms with Crippen LogP contribution in [-0.4, -0.2) is 29.8 Å². The topological polar surface area (TPSA) is 64.0 Å². The van der Waals surface area contributed by atoms with Gasteiger partial charge < -0.3 is 0 Å². The molecule has 5 nitrogen and oxygen atoms in total. The van der Waals surface area contributed by atoms with Crippen LogP contribution < -0.4 is 4.72 Å². The summed E-state index contributed by atoms with van der Waals surface area (Å²) < 4.78 is 26.7. The molecular formula is C8H14ClN3O2S. The quantitative estimate of drug-likeness (QED) is 0.770. The Morgan fingerprint density at radius 1 is 1.60 bits per heavy atom. The van der Waals surface area contributed by atoms with Crippen molar-refractivity contribution in [3.05, 3.63) is 17.5 Å². The van der Waals surface area contributed by atoms with Crippen molar-refractivity contribution in [2.45, 2.75) is 13.5 Å². The minimum Gasteiger partial charge on any atom is -0.275 e. The number of aromatic nitrogens is 2. The zero-order valence-electron chi connectivity index (χ0n) is 8.70. The second-order valence-corrected chi connectivity index (χ2v) is 5.55. The van der Waals surface area contributed by atoms with Crippen LogP contribution in [0, 0.1) is 6.92 Å². The van der Waals surface area contributed by atoms with E-state index in [2.05, 4.69) is 9.82 Å². The lowest BCUT2D eigenvalue weighted by atomic mass is 10.3. The van der Waals surface area contributed by atoms with Crippen LogP contribution in [0.1, 0.15) is 11.3 Å². The van der Waals surface area contributed by atoms with E-state index >= 15 is 0 Å². The fraction of sp³-hybridized carbons (Fsp3) is 0.625. The molecule has 0 aromatic carbocycles. The molecule has 7 heteroatoms. The average Bonchev–Trinajstić information content (AvgIpc) is 2.42. The predicted molar refractivity (Wildman–Crippen MR) is 59.3 cm³/mol. The van der Waals surface area contributed by atoms with Gasteiger partial charge in [-0.2, -0.15) is 5.10 Å². The summed E-state index contributed by atoms with van der Waals surface area (Å²) in [6.07, 6.45) is 1.79. The second kappa shape index (κ2) is 4.96. The first-order chi connectivity index (χ1) is 6.94. The Morgan fingerprint density at radius 3 is 2.73 bits per heavy atom. The molecule has 15 heavy (non-hydrogen) atoms. The Bertz CT molecular complexity index is 427. The molecule has 0 aliphatic heterocycles. The number of sulfonamides is 1. The highest BCUT2D eigenvalue weighted by Gasteiger charge is 2.10. The number of hydrogen-bond acceptors (Lipinski definition) is 3. The maximum Gasteiger partial charge on any atom is 0.213 e. The number of aryl methyl sites for hydroxylation is 2. The fourth-order valence-electron chi connectivity index (χ4n) is 1.18. The Morgan fingerprint density at radius 2 is 2.27 bits per heavy atom. The zero-order valence-corrected chi connectivity index (χ0v) is 10.3. The molecule has 1 heterocycles. The first kappa shape index (κ1) is 12.5. The highest BCUT2D eigenvalue weighted by atomic mass is 35.5. The van der Waals surface area contributed by atoms with Gasteiger partial charge in [-0.15, -0.1) is 11.6 Å². The number of rotatable bonds is 5. The van der Waals surface area contributed by atoms with Crippen LogP contribution in [0.15, 0.2) is 6.20 Å². The van der Waals surface area contributed by atoms with E-state index in [0.29, 0.717) is 0 Å². The Labute approximate surface area is 94.5 Å². The summed E-state index contributed by atoms with van der Waals surface area (Å²) in [4.78, 5) is 0. The first-order valence-electron chi connectivity index (χ1n) is 4.47. The van der Waals surface area contributed by atoms with E-state index in [1.807, 2.05) is 6.92 Å². The van der Waals surface area contributed by atoms with E-state index in [1.165, 1.54) is 0 Å². The molecule has 0 spiro atoms. The molecule has 0 saturated carbocycles. The molecule has 0 bridgehead atoms. The van der Waals surface area contributed by atoms with Crippen LogP contribution >= 0.6 is 11.6 Å². The zero-order chi connectivity index (χ0) is 11.5. The molecule has 0 fully saturated rings. The molecule has 0 atom stereocenters. The largest absolute Gasteiger partial charge is 0.275 e. The van der Waals surface area contributed by atoms with Crippen LogP contribution in [0.5, 0.6) is 0 Å². The predicted octanol–water partition coefficient (Wildman–Crippen LogP) is 0.387. The van der Waals surface area contributed by atoms with Gasteiger partial charge in [0.1, 0.15) is 0 Å². The van der Waals surface area contributed by atoms with Crippen LogP contribution in [0.3, 0.4) is 0 Å². The fourth-order valence-corrected chi connectivity index (χ4v) is 2.52. The summed E-state index contributed by atoms with van der Waals surface area (Å²) in [5.74, 6) is 0.0369. The smallest absolute Gasteiger partial charge is 0.213 e. The van der Waals surface area contributed by atoms with Crippen LogP contribution in [0.4, 0.5) is 0 Å². The molecule has 1 rings (SSSR count). The summed E-state index contributed by atoms with van der Waals surface area (Å²) >= 11 is 5.37. The van der Waals surface area contributed by atoms with Crippen molar-refractivity contribution >= 4 is 21.6 Å². The van der Waals surface area contributed by atoms with Gasteiger partial charge in [-0.25, -0.2) is 13.1 Å². The number of halogens is 1. The van der Waals surface area contributed by atoms with E-state index in [-0.39, 0.29) is 18.2 Å². The lowest BCUT2D eigenvalue weighted by Gasteiger charge is -2.03. The van der Waals surface area contributed by atoms with Crippen molar-refractivity contribution in [3.63, 3.8) is 0 Å². The number of hydrogen-bond donors (Lipinski definition) is 1. The van der Waals surface area contributed by atoms with E-state index in [4.69, 9.17) is 11.6 Å². The molecule has 1 aromatic rings. The molecule has 1 N–H and O–H groups in total. The van der Waals surface area contributed by atoms with Gasteiger partial charge in [0.2, 0.25) is 10.0 Å². The molecular weight excluding hydrogens is 238 g/mol. The summed E-state index contributed by atoms with van der Waals surface area (Å²) in [5.41, 5.74) is 1.70. The van der Waals surface area contributed by atoms with Crippen molar-refractivity contribution in [2.75, 3.05) is 11.6 Å². The standard InChI is InChI=1S/C8H14ClN3O2S/c1-7-8(6-12(2)11-7)5-10-15(13,14)4-3-9/h6,10H,3-5H2,1-2H3. The van der Waals surface area contributed by atoms with Gasteiger partial charge in [-0.05, 0) is 6.92 Å². The molecule has 0 aliphatic carbocycles. The third-order valence-electron chi connectivity index (χ3n) is 1.94. The van der Waals surface area contributed by atoms with E-state index in [0.717, 1.165) is 11.3 Å². The first-order valence-corrected chi connectivity index (χ1v) is 6.65. The van der Waals surface area contributed by atoms with E-state index < -0.39 is 10.0 Å². The minimum absolute atomic E-state index is 0.0616. The summed E-state index contributed by atoms with van der Waals surface area (Å²) in [6.45, 7) is 2.10. The van der Waals surface area contributed by atoms with E-state index in [1.54, 1.807) is 17.9 Å². The van der Waals surface area contributed by atoms with Crippen molar-refractivity contribution < 1.29 is 8.42 Å². The molecule has 0 radical (unpaired) electrons. The SMILES string of the molecule is Cc1nn(C)cc1CNS(=O)(=O)CCCl. The van der Waals surface area contributed by atoms with Gasteiger partial charge in [0.05, 0.1) is 11.4 Å². The number of alkyl halides is 1. The Kier molecular flexibility index (Phi) is 4.12. The van der Waals surface area contributed by atoms with Crippen molar-refractivity contribution in [1.82, 2.24) is 14.5 Å². The summed E-state index contributed by atoms with van der Waals surface area (Å²) in [7, 11) is -1.46. The molecule has 86 valence electrons. The maximum absolute atomic E-state index is 11.3. The van der Waals surface area contributed by atoms with Crippen LogP contribution in [0.25, 0.3) is 0 Å². The average molecular weight is 252 g/mol. The van der Waals surface area contributed by atoms with Crippen molar-refractivity contribution in [3.8, 4) is 0 Å². The van der Waals surface area contributed by atoms with Gasteiger partial charge in [0.25, 0.3) is 0 Å². The molecule has 0 saturated heterocycles. The lowest BCUT2D eigenvalue weighted by molar-refractivity contribution is 0.582. The second-order valence-electron chi connectivity index (χ2n) is 3.24. The van der Waals surface area contributed by atoms with Crippen LogP contribution in [0.2, 0.25) is 0 Å². The minimum atomic E-state index is -3.26. The maximum atomic E-state index is 11.3. The third kappa shape index (κ3) is 3.81. The van der Waals surface area contributed by atoms with Gasteiger partial charge >= 0.3 is 0 Å². The molecule has 1 aromatic heterocycles. The highest BCUT2D eigenvalue weighted by Crippen LogP contribution is 2.04. The van der Waals surface area contributed by atoms with Crippen molar-refractivity contribution in [2.24, 2.45) is 7.05 Å². The summed E-state index contributed by atoms with van der Waals surface area (Å²) in [5, 5.41) is 4.11. The normalized spacial score (nSPS) is 11.9. The highest BCUT2D eigenvalue weighted by molar-refractivity contribution is 7.89. The third-order valence-corrected chi connectivity index (χ3v) is 3.68. The summed E-state index contributed by atoms with van der Waals surface area (Å²) in [6, 6.07) is 0. The van der Waals surface area contributed by atoms with Crippen molar-refractivity contribution in [1.29, 1.82) is 0 Å². The molecule has 0 aliphatic rings. The van der Waals surface area contributed by atoms with Crippen LogP contribution in [-0.2, 0) is 23.6 Å². The van der Waals surface area contributed by atoms with E-state index in [9.17, 15) is 8.42 Å². The lowest BCUT2D eigenvalue weighted by Crippen LogP contribution is -2.26. The number of nitrogens with one attached hydrogen (secondary N) is 1. The monoisotopic (exact) mass is 251 g/mol. The van der Waals surface area contributed by atoms with Gasteiger partial charge in [-0.3, -0.25) is 4.68 Å². The van der Waals surface area contributed by atoms with Gasteiger partial charge in [0.15, 0.2) is 0 Å². The van der Waals surface area contributed by atoms with Gasteiger partial charge in [-0.1, -0.05) is 0 Å². The Balaban J connectivity index is 2.61. The number of nitrogens with zero attached hydrogens (tertiary/aromatic N) is 2. The van der Waals surface area contributed by atoms with Gasteiger partial charge in [0, 0.05) is 31.2 Å².